The number of fused-ring (bicyclic) bond motifs is 1. The van der Waals surface area contributed by atoms with Crippen LogP contribution >= 0.6 is 0 Å². The zero-order valence-electron chi connectivity index (χ0n) is 12.5. The van der Waals surface area contributed by atoms with Crippen molar-refractivity contribution in [1.82, 2.24) is 5.32 Å². The molecule has 3 unspecified atom stereocenters. The molecule has 5 heteroatoms. The molecule has 116 valence electrons. The molecule has 0 bridgehead atoms. The first-order chi connectivity index (χ1) is 9.97. The van der Waals surface area contributed by atoms with Gasteiger partial charge in [0, 0.05) is 12.6 Å². The fraction of sp³-hybridized carbons (Fsp3) is 0.625. The van der Waals surface area contributed by atoms with E-state index in [1.54, 1.807) is 12.1 Å². The number of nitrogens with two attached hydrogens (primary N) is 1. The van der Waals surface area contributed by atoms with Gasteiger partial charge in [-0.25, -0.2) is 8.42 Å². The average molecular weight is 308 g/mol. The standard InChI is InChI=1S/C16H24N2O2S/c1-12-6-7-13(10-12)18-16(11-17)8-9-21(19,20)15-5-3-2-4-14(15)16/h2-5,12-13,18H,6-11,17H2,1H3. The van der Waals surface area contributed by atoms with E-state index >= 15 is 0 Å². The Morgan fingerprint density at radius 1 is 1.33 bits per heavy atom. The van der Waals surface area contributed by atoms with E-state index in [-0.39, 0.29) is 5.75 Å². The first-order valence-corrected chi connectivity index (χ1v) is 9.42. The lowest BCUT2D eigenvalue weighted by Crippen LogP contribution is -2.55. The van der Waals surface area contributed by atoms with Crippen LogP contribution in [-0.4, -0.2) is 26.8 Å². The van der Waals surface area contributed by atoms with E-state index in [0.29, 0.717) is 23.9 Å². The van der Waals surface area contributed by atoms with Gasteiger partial charge in [0.2, 0.25) is 0 Å². The number of sulfone groups is 1. The fourth-order valence-corrected chi connectivity index (χ4v) is 5.56. The van der Waals surface area contributed by atoms with Crippen molar-refractivity contribution in [1.29, 1.82) is 0 Å². The second kappa shape index (κ2) is 5.38. The monoisotopic (exact) mass is 308 g/mol. The molecule has 0 saturated heterocycles. The van der Waals surface area contributed by atoms with Gasteiger partial charge in [-0.05, 0) is 43.2 Å². The quantitative estimate of drug-likeness (QED) is 0.893. The van der Waals surface area contributed by atoms with E-state index in [2.05, 4.69) is 12.2 Å². The van der Waals surface area contributed by atoms with E-state index in [9.17, 15) is 8.42 Å². The Hall–Kier alpha value is -0.910. The molecular weight excluding hydrogens is 284 g/mol. The highest BCUT2D eigenvalue weighted by molar-refractivity contribution is 7.91. The molecule has 3 rings (SSSR count). The maximum absolute atomic E-state index is 12.3. The van der Waals surface area contributed by atoms with E-state index in [4.69, 9.17) is 5.73 Å². The summed E-state index contributed by atoms with van der Waals surface area (Å²) < 4.78 is 24.6. The molecule has 4 nitrogen and oxygen atoms in total. The number of benzene rings is 1. The highest BCUT2D eigenvalue weighted by atomic mass is 32.2. The zero-order chi connectivity index (χ0) is 15.1. The lowest BCUT2D eigenvalue weighted by Gasteiger charge is -2.41. The SMILES string of the molecule is CC1CCC(NC2(CN)CCS(=O)(=O)c3ccccc32)C1. The summed E-state index contributed by atoms with van der Waals surface area (Å²) in [6.07, 6.45) is 4.10. The molecule has 3 atom stereocenters. The Bertz CT molecular complexity index is 629. The summed E-state index contributed by atoms with van der Waals surface area (Å²) in [5.74, 6) is 0.913. The molecule has 1 heterocycles. The van der Waals surface area contributed by atoms with Crippen molar-refractivity contribution in [2.45, 2.75) is 49.1 Å². The van der Waals surface area contributed by atoms with Crippen molar-refractivity contribution < 1.29 is 8.42 Å². The Balaban J connectivity index is 1.99. The maximum atomic E-state index is 12.3. The fourth-order valence-electron chi connectivity index (χ4n) is 3.84. The zero-order valence-corrected chi connectivity index (χ0v) is 13.3. The summed E-state index contributed by atoms with van der Waals surface area (Å²) in [7, 11) is -3.16. The largest absolute Gasteiger partial charge is 0.328 e. The van der Waals surface area contributed by atoms with Crippen molar-refractivity contribution >= 4 is 9.84 Å². The molecule has 1 fully saturated rings. The Morgan fingerprint density at radius 2 is 2.10 bits per heavy atom. The van der Waals surface area contributed by atoms with Gasteiger partial charge in [0.1, 0.15) is 0 Å². The lowest BCUT2D eigenvalue weighted by atomic mass is 9.85. The first kappa shape index (κ1) is 15.0. The molecule has 0 aromatic heterocycles. The van der Waals surface area contributed by atoms with Crippen molar-refractivity contribution in [3.8, 4) is 0 Å². The van der Waals surface area contributed by atoms with E-state index in [0.717, 1.165) is 24.3 Å². The normalized spacial score (nSPS) is 34.6. The van der Waals surface area contributed by atoms with Gasteiger partial charge >= 0.3 is 0 Å². The minimum Gasteiger partial charge on any atom is -0.328 e. The number of hydrogen-bond acceptors (Lipinski definition) is 4. The third-order valence-electron chi connectivity index (χ3n) is 5.06. The van der Waals surface area contributed by atoms with Crippen LogP contribution in [0.4, 0.5) is 0 Å². The first-order valence-electron chi connectivity index (χ1n) is 7.77. The molecule has 2 aliphatic rings. The second-order valence-electron chi connectivity index (χ2n) is 6.61. The van der Waals surface area contributed by atoms with Crippen LogP contribution in [0.25, 0.3) is 0 Å². The molecule has 0 amide bonds. The van der Waals surface area contributed by atoms with Crippen molar-refractivity contribution in [2.24, 2.45) is 11.7 Å². The van der Waals surface area contributed by atoms with E-state index in [1.807, 2.05) is 12.1 Å². The molecule has 0 spiro atoms. The Morgan fingerprint density at radius 3 is 2.76 bits per heavy atom. The van der Waals surface area contributed by atoms with Crippen LogP contribution in [0.15, 0.2) is 29.2 Å². The van der Waals surface area contributed by atoms with Gasteiger partial charge < -0.3 is 11.1 Å². The molecule has 0 radical (unpaired) electrons. The number of rotatable bonds is 3. The molecule has 21 heavy (non-hydrogen) atoms. The molecule has 1 aliphatic carbocycles. The van der Waals surface area contributed by atoms with Crippen LogP contribution in [0.5, 0.6) is 0 Å². The average Bonchev–Trinajstić information content (AvgIpc) is 2.88. The highest BCUT2D eigenvalue weighted by Crippen LogP contribution is 2.38. The lowest BCUT2D eigenvalue weighted by molar-refractivity contribution is 0.274. The molecule has 1 aliphatic heterocycles. The van der Waals surface area contributed by atoms with Gasteiger partial charge in [0.05, 0.1) is 16.2 Å². The van der Waals surface area contributed by atoms with Crippen LogP contribution in [0, 0.1) is 5.92 Å². The van der Waals surface area contributed by atoms with Crippen molar-refractivity contribution in [2.75, 3.05) is 12.3 Å². The Kier molecular flexibility index (Phi) is 3.84. The second-order valence-corrected chi connectivity index (χ2v) is 8.69. The third-order valence-corrected chi connectivity index (χ3v) is 6.83. The van der Waals surface area contributed by atoms with E-state index < -0.39 is 15.4 Å². The van der Waals surface area contributed by atoms with Gasteiger partial charge in [0.15, 0.2) is 9.84 Å². The van der Waals surface area contributed by atoms with Gasteiger partial charge in [0.25, 0.3) is 0 Å². The molecule has 3 N–H and O–H groups in total. The maximum Gasteiger partial charge on any atom is 0.178 e. The molecule has 1 aromatic carbocycles. The van der Waals surface area contributed by atoms with Gasteiger partial charge in [-0.2, -0.15) is 0 Å². The molecule has 1 aromatic rings. The predicted octanol–water partition coefficient (Wildman–Crippen LogP) is 1.80. The number of nitrogens with one attached hydrogen (secondary N) is 1. The molecular formula is C16H24N2O2S. The minimum atomic E-state index is -3.16. The number of hydrogen-bond donors (Lipinski definition) is 2. The van der Waals surface area contributed by atoms with Gasteiger partial charge in [-0.1, -0.05) is 25.1 Å². The van der Waals surface area contributed by atoms with Crippen molar-refractivity contribution in [3.63, 3.8) is 0 Å². The third kappa shape index (κ3) is 2.62. The summed E-state index contributed by atoms with van der Waals surface area (Å²) in [6, 6.07) is 7.78. The van der Waals surface area contributed by atoms with Crippen LogP contribution in [0.3, 0.4) is 0 Å². The molecule has 1 saturated carbocycles. The summed E-state index contributed by atoms with van der Waals surface area (Å²) in [5, 5.41) is 3.72. The van der Waals surface area contributed by atoms with Crippen LogP contribution in [0.2, 0.25) is 0 Å². The Labute approximate surface area is 127 Å². The predicted molar refractivity (Wildman–Crippen MR) is 83.8 cm³/mol. The van der Waals surface area contributed by atoms with Gasteiger partial charge in [-0.15, -0.1) is 0 Å². The minimum absolute atomic E-state index is 0.177. The van der Waals surface area contributed by atoms with Gasteiger partial charge in [-0.3, -0.25) is 0 Å². The summed E-state index contributed by atoms with van der Waals surface area (Å²) in [6.45, 7) is 2.71. The van der Waals surface area contributed by atoms with Crippen LogP contribution < -0.4 is 11.1 Å². The smallest absolute Gasteiger partial charge is 0.178 e. The van der Waals surface area contributed by atoms with E-state index in [1.165, 1.54) is 6.42 Å². The summed E-state index contributed by atoms with van der Waals surface area (Å²) >= 11 is 0. The van der Waals surface area contributed by atoms with Crippen molar-refractivity contribution in [3.05, 3.63) is 29.8 Å². The summed E-state index contributed by atoms with van der Waals surface area (Å²) in [4.78, 5) is 0.459. The van der Waals surface area contributed by atoms with Crippen LogP contribution in [-0.2, 0) is 15.4 Å². The highest BCUT2D eigenvalue weighted by Gasteiger charge is 2.42. The van der Waals surface area contributed by atoms with Crippen LogP contribution in [0.1, 0.15) is 38.2 Å². The summed E-state index contributed by atoms with van der Waals surface area (Å²) in [5.41, 5.74) is 6.56. The topological polar surface area (TPSA) is 72.2 Å².